The molecule has 0 fully saturated rings. The number of nitrogens with zero attached hydrogens (tertiary/aromatic N) is 1. The monoisotopic (exact) mass is 387 g/mol. The maximum absolute atomic E-state index is 12.2. The van der Waals surface area contributed by atoms with E-state index < -0.39 is 0 Å². The highest BCUT2D eigenvalue weighted by molar-refractivity contribution is 9.10. The van der Waals surface area contributed by atoms with Gasteiger partial charge in [-0.2, -0.15) is 0 Å². The summed E-state index contributed by atoms with van der Waals surface area (Å²) in [5, 5.41) is 0. The van der Waals surface area contributed by atoms with Gasteiger partial charge in [-0.05, 0) is 31.2 Å². The van der Waals surface area contributed by atoms with Gasteiger partial charge in [-0.3, -0.25) is 9.59 Å². The Labute approximate surface area is 144 Å². The molecule has 1 aromatic rings. The molecule has 1 aromatic carbocycles. The number of methoxy groups -OCH3 is 1. The van der Waals surface area contributed by atoms with Crippen molar-refractivity contribution in [3.05, 3.63) is 28.7 Å². The molecular weight excluding hydrogens is 366 g/mol. The summed E-state index contributed by atoms with van der Waals surface area (Å²) in [5.41, 5.74) is 0. The lowest BCUT2D eigenvalue weighted by Gasteiger charge is -2.23. The molecule has 0 radical (unpaired) electrons. The third kappa shape index (κ3) is 6.40. The second-order valence-electron chi connectivity index (χ2n) is 4.91. The molecule has 0 saturated heterocycles. The molecule has 22 heavy (non-hydrogen) atoms. The Hall–Kier alpha value is -1.01. The standard InChI is InChI=1S/C16H22BrNO3S/c1-4-18(11-12(2)16(20)21-3)15(19)9-10-22-14-7-5-13(17)6-8-14/h5-8,12H,4,9-11H2,1-3H3. The zero-order valence-corrected chi connectivity index (χ0v) is 15.6. The maximum Gasteiger partial charge on any atom is 0.310 e. The van der Waals surface area contributed by atoms with Gasteiger partial charge in [0.1, 0.15) is 0 Å². The Bertz CT molecular complexity index is 493. The Morgan fingerprint density at radius 2 is 1.95 bits per heavy atom. The predicted molar refractivity (Wildman–Crippen MR) is 92.9 cm³/mol. The minimum atomic E-state index is -0.298. The molecule has 4 nitrogen and oxygen atoms in total. The summed E-state index contributed by atoms with van der Waals surface area (Å²) < 4.78 is 5.74. The average molecular weight is 388 g/mol. The van der Waals surface area contributed by atoms with Crippen LogP contribution in [0.25, 0.3) is 0 Å². The predicted octanol–water partition coefficient (Wildman–Crippen LogP) is 3.59. The number of hydrogen-bond acceptors (Lipinski definition) is 4. The fourth-order valence-electron chi connectivity index (χ4n) is 1.96. The molecule has 0 aromatic heterocycles. The number of carbonyl (C=O) groups is 2. The molecule has 1 amide bonds. The van der Waals surface area contributed by atoms with Gasteiger partial charge < -0.3 is 9.64 Å². The minimum Gasteiger partial charge on any atom is -0.469 e. The summed E-state index contributed by atoms with van der Waals surface area (Å²) in [5.74, 6) is 0.218. The van der Waals surface area contributed by atoms with Gasteiger partial charge in [0, 0.05) is 34.6 Å². The van der Waals surface area contributed by atoms with Crippen LogP contribution in [0.2, 0.25) is 0 Å². The van der Waals surface area contributed by atoms with Crippen LogP contribution in [0.3, 0.4) is 0 Å². The quantitative estimate of drug-likeness (QED) is 0.505. The molecule has 0 N–H and O–H groups in total. The van der Waals surface area contributed by atoms with Crippen molar-refractivity contribution in [3.63, 3.8) is 0 Å². The minimum absolute atomic E-state index is 0.0721. The van der Waals surface area contributed by atoms with Gasteiger partial charge >= 0.3 is 5.97 Å². The summed E-state index contributed by atoms with van der Waals surface area (Å²) in [4.78, 5) is 26.5. The van der Waals surface area contributed by atoms with Crippen molar-refractivity contribution >= 4 is 39.6 Å². The number of hydrogen-bond donors (Lipinski definition) is 0. The molecular formula is C16H22BrNO3S. The molecule has 1 atom stereocenters. The van der Waals surface area contributed by atoms with Crippen LogP contribution in [0, 0.1) is 5.92 Å². The van der Waals surface area contributed by atoms with Crippen molar-refractivity contribution in [2.24, 2.45) is 5.92 Å². The van der Waals surface area contributed by atoms with Crippen LogP contribution in [-0.2, 0) is 14.3 Å². The highest BCUT2D eigenvalue weighted by atomic mass is 79.9. The number of rotatable bonds is 8. The molecule has 1 rings (SSSR count). The smallest absolute Gasteiger partial charge is 0.310 e. The fraction of sp³-hybridized carbons (Fsp3) is 0.500. The van der Waals surface area contributed by atoms with Gasteiger partial charge in [0.05, 0.1) is 13.0 Å². The van der Waals surface area contributed by atoms with Gasteiger partial charge in [-0.1, -0.05) is 22.9 Å². The number of esters is 1. The number of ether oxygens (including phenoxy) is 1. The molecule has 6 heteroatoms. The van der Waals surface area contributed by atoms with E-state index >= 15 is 0 Å². The largest absolute Gasteiger partial charge is 0.469 e. The number of amides is 1. The molecule has 0 spiro atoms. The maximum atomic E-state index is 12.2. The fourth-order valence-corrected chi connectivity index (χ4v) is 3.06. The van der Waals surface area contributed by atoms with Crippen LogP contribution in [0.15, 0.2) is 33.6 Å². The Morgan fingerprint density at radius 3 is 2.50 bits per heavy atom. The third-order valence-electron chi connectivity index (χ3n) is 3.23. The van der Waals surface area contributed by atoms with E-state index in [1.807, 2.05) is 31.2 Å². The number of benzene rings is 1. The number of thioether (sulfide) groups is 1. The Morgan fingerprint density at radius 1 is 1.32 bits per heavy atom. The summed E-state index contributed by atoms with van der Waals surface area (Å²) in [7, 11) is 1.37. The SMILES string of the molecule is CCN(CC(C)C(=O)OC)C(=O)CCSc1ccc(Br)cc1. The van der Waals surface area contributed by atoms with Crippen molar-refractivity contribution in [3.8, 4) is 0 Å². The second kappa shape index (κ2) is 9.90. The van der Waals surface area contributed by atoms with Crippen molar-refractivity contribution in [2.45, 2.75) is 25.2 Å². The average Bonchev–Trinajstić information content (AvgIpc) is 2.53. The molecule has 0 aliphatic heterocycles. The van der Waals surface area contributed by atoms with Crippen LogP contribution in [0.5, 0.6) is 0 Å². The lowest BCUT2D eigenvalue weighted by molar-refractivity contribution is -0.146. The Kier molecular flexibility index (Phi) is 8.56. The third-order valence-corrected chi connectivity index (χ3v) is 4.77. The van der Waals surface area contributed by atoms with Crippen LogP contribution >= 0.6 is 27.7 Å². The normalized spacial score (nSPS) is 11.8. The summed E-state index contributed by atoms with van der Waals surface area (Å²) in [6, 6.07) is 8.02. The first-order valence-corrected chi connectivity index (χ1v) is 8.99. The van der Waals surface area contributed by atoms with Crippen LogP contribution < -0.4 is 0 Å². The van der Waals surface area contributed by atoms with Crippen molar-refractivity contribution in [2.75, 3.05) is 26.0 Å². The van der Waals surface area contributed by atoms with E-state index in [0.717, 1.165) is 15.1 Å². The van der Waals surface area contributed by atoms with Crippen LogP contribution in [0.1, 0.15) is 20.3 Å². The molecule has 0 heterocycles. The van der Waals surface area contributed by atoms with Gasteiger partial charge in [-0.15, -0.1) is 11.8 Å². The van der Waals surface area contributed by atoms with E-state index in [9.17, 15) is 9.59 Å². The highest BCUT2D eigenvalue weighted by Crippen LogP contribution is 2.21. The van der Waals surface area contributed by atoms with Crippen LogP contribution in [-0.4, -0.2) is 42.7 Å². The lowest BCUT2D eigenvalue weighted by atomic mass is 10.1. The first-order valence-electron chi connectivity index (χ1n) is 7.21. The van der Waals surface area contributed by atoms with E-state index in [4.69, 9.17) is 4.74 Å². The van der Waals surface area contributed by atoms with Gasteiger partial charge in [0.2, 0.25) is 5.91 Å². The number of carbonyl (C=O) groups excluding carboxylic acids is 2. The van der Waals surface area contributed by atoms with E-state index in [0.29, 0.717) is 19.5 Å². The van der Waals surface area contributed by atoms with Gasteiger partial charge in [-0.25, -0.2) is 0 Å². The first kappa shape index (κ1) is 19.0. The lowest BCUT2D eigenvalue weighted by Crippen LogP contribution is -2.37. The molecule has 0 aliphatic rings. The Balaban J connectivity index is 2.41. The first-order chi connectivity index (χ1) is 10.5. The van der Waals surface area contributed by atoms with Crippen molar-refractivity contribution in [1.29, 1.82) is 0 Å². The topological polar surface area (TPSA) is 46.6 Å². The summed E-state index contributed by atoms with van der Waals surface area (Å²) in [6.45, 7) is 4.70. The van der Waals surface area contributed by atoms with Crippen molar-refractivity contribution < 1.29 is 14.3 Å². The van der Waals surface area contributed by atoms with Crippen molar-refractivity contribution in [1.82, 2.24) is 4.90 Å². The highest BCUT2D eigenvalue weighted by Gasteiger charge is 2.20. The van der Waals surface area contributed by atoms with Crippen LogP contribution in [0.4, 0.5) is 0 Å². The van der Waals surface area contributed by atoms with E-state index in [2.05, 4.69) is 15.9 Å². The van der Waals surface area contributed by atoms with E-state index in [-0.39, 0.29) is 17.8 Å². The van der Waals surface area contributed by atoms with E-state index in [1.54, 1.807) is 23.6 Å². The molecule has 0 aliphatic carbocycles. The van der Waals surface area contributed by atoms with Gasteiger partial charge in [0.25, 0.3) is 0 Å². The zero-order valence-electron chi connectivity index (χ0n) is 13.2. The second-order valence-corrected chi connectivity index (χ2v) is 6.99. The summed E-state index contributed by atoms with van der Waals surface area (Å²) >= 11 is 5.05. The van der Waals surface area contributed by atoms with Gasteiger partial charge in [0.15, 0.2) is 0 Å². The zero-order chi connectivity index (χ0) is 16.5. The molecule has 1 unspecified atom stereocenters. The summed E-state index contributed by atoms with van der Waals surface area (Å²) in [6.07, 6.45) is 0.461. The van der Waals surface area contributed by atoms with E-state index in [1.165, 1.54) is 7.11 Å². The molecule has 122 valence electrons. The molecule has 0 bridgehead atoms. The molecule has 0 saturated carbocycles. The number of halogens is 1.